The van der Waals surface area contributed by atoms with Gasteiger partial charge in [-0.25, -0.2) is 17.5 Å². The number of benzene rings is 2. The van der Waals surface area contributed by atoms with Crippen molar-refractivity contribution in [2.75, 3.05) is 4.31 Å². The molecule has 142 valence electrons. The zero-order valence-corrected chi connectivity index (χ0v) is 17.4. The maximum Gasteiger partial charge on any atom is 0.338 e. The normalized spacial score (nSPS) is 18.7. The largest absolute Gasteiger partial charge is 0.458 e. The van der Waals surface area contributed by atoms with Gasteiger partial charge >= 0.3 is 5.97 Å². The SMILES string of the molecule is CC(C)(C)OC(=O)C1C(=O)c2ccccc2S(=O)(=O)N1c1ccccc1Br. The van der Waals surface area contributed by atoms with Crippen molar-refractivity contribution < 1.29 is 22.7 Å². The molecule has 27 heavy (non-hydrogen) atoms. The molecule has 0 bridgehead atoms. The van der Waals surface area contributed by atoms with Gasteiger partial charge in [-0.05, 0) is 61.0 Å². The third-order valence-electron chi connectivity index (χ3n) is 3.89. The summed E-state index contributed by atoms with van der Waals surface area (Å²) < 4.78 is 33.3. The van der Waals surface area contributed by atoms with Gasteiger partial charge in [0.15, 0.2) is 5.78 Å². The molecule has 0 fully saturated rings. The molecule has 0 amide bonds. The second kappa shape index (κ2) is 6.76. The highest BCUT2D eigenvalue weighted by molar-refractivity contribution is 9.10. The van der Waals surface area contributed by atoms with Gasteiger partial charge < -0.3 is 4.74 Å². The average Bonchev–Trinajstić information content (AvgIpc) is 2.57. The minimum Gasteiger partial charge on any atom is -0.458 e. The van der Waals surface area contributed by atoms with Gasteiger partial charge in [-0.1, -0.05) is 24.3 Å². The van der Waals surface area contributed by atoms with Crippen molar-refractivity contribution in [1.29, 1.82) is 0 Å². The van der Waals surface area contributed by atoms with Gasteiger partial charge in [0.05, 0.1) is 10.6 Å². The molecule has 1 heterocycles. The molecule has 3 rings (SSSR count). The molecule has 1 aliphatic rings. The highest BCUT2D eigenvalue weighted by atomic mass is 79.9. The Morgan fingerprint density at radius 2 is 1.67 bits per heavy atom. The van der Waals surface area contributed by atoms with Crippen LogP contribution >= 0.6 is 15.9 Å². The molecule has 0 aliphatic carbocycles. The van der Waals surface area contributed by atoms with E-state index < -0.39 is 33.4 Å². The van der Waals surface area contributed by atoms with Crippen molar-refractivity contribution in [3.05, 3.63) is 58.6 Å². The van der Waals surface area contributed by atoms with Crippen LogP contribution in [0.25, 0.3) is 0 Å². The number of Topliss-reactive ketones (excluding diaryl/α,β-unsaturated/α-hetero) is 1. The quantitative estimate of drug-likeness (QED) is 0.514. The van der Waals surface area contributed by atoms with Crippen LogP contribution in [0.3, 0.4) is 0 Å². The molecule has 1 aliphatic heterocycles. The van der Waals surface area contributed by atoms with Gasteiger partial charge in [-0.2, -0.15) is 0 Å². The number of sulfonamides is 1. The Labute approximate surface area is 166 Å². The molecule has 1 unspecified atom stereocenters. The fourth-order valence-corrected chi connectivity index (χ4v) is 5.23. The number of esters is 1. The number of halogens is 1. The summed E-state index contributed by atoms with van der Waals surface area (Å²) in [6, 6.07) is 10.7. The summed E-state index contributed by atoms with van der Waals surface area (Å²) in [7, 11) is -4.16. The first-order valence-corrected chi connectivity index (χ1v) is 10.4. The Balaban J connectivity index is 2.27. The Kier molecular flexibility index (Phi) is 4.90. The van der Waals surface area contributed by atoms with Gasteiger partial charge in [-0.15, -0.1) is 0 Å². The van der Waals surface area contributed by atoms with Crippen molar-refractivity contribution in [3.63, 3.8) is 0 Å². The Morgan fingerprint density at radius 3 is 2.30 bits per heavy atom. The molecule has 0 spiro atoms. The summed E-state index contributed by atoms with van der Waals surface area (Å²) in [6.07, 6.45) is 0. The first-order valence-electron chi connectivity index (χ1n) is 8.19. The topological polar surface area (TPSA) is 80.8 Å². The third-order valence-corrected chi connectivity index (χ3v) is 6.40. The number of hydrogen-bond donors (Lipinski definition) is 0. The summed E-state index contributed by atoms with van der Waals surface area (Å²) in [5.74, 6) is -1.54. The van der Waals surface area contributed by atoms with E-state index in [1.807, 2.05) is 0 Å². The maximum atomic E-state index is 13.3. The third kappa shape index (κ3) is 3.51. The molecule has 0 saturated heterocycles. The number of anilines is 1. The van der Waals surface area contributed by atoms with Crippen LogP contribution in [0.1, 0.15) is 31.1 Å². The predicted octanol–water partition coefficient (Wildman–Crippen LogP) is 3.55. The number of ketones is 1. The standard InChI is InChI=1S/C19H18BrNO5S/c1-19(2,3)26-18(23)16-17(22)12-8-4-7-11-15(12)27(24,25)21(16)14-10-6-5-9-13(14)20/h4-11,16H,1-3H3. The summed E-state index contributed by atoms with van der Waals surface area (Å²) in [6.45, 7) is 4.97. The summed E-state index contributed by atoms with van der Waals surface area (Å²) >= 11 is 3.31. The highest BCUT2D eigenvalue weighted by Gasteiger charge is 2.49. The Bertz CT molecular complexity index is 1030. The summed E-state index contributed by atoms with van der Waals surface area (Å²) in [5.41, 5.74) is -0.703. The Hall–Kier alpha value is -2.19. The van der Waals surface area contributed by atoms with E-state index in [9.17, 15) is 18.0 Å². The van der Waals surface area contributed by atoms with Gasteiger partial charge in [0.1, 0.15) is 5.60 Å². The lowest BCUT2D eigenvalue weighted by molar-refractivity contribution is -0.154. The molecule has 6 nitrogen and oxygen atoms in total. The molecular formula is C19H18BrNO5S. The molecule has 8 heteroatoms. The van der Waals surface area contributed by atoms with E-state index in [1.54, 1.807) is 45.0 Å². The van der Waals surface area contributed by atoms with E-state index in [1.165, 1.54) is 24.3 Å². The van der Waals surface area contributed by atoms with Gasteiger partial charge in [0.25, 0.3) is 10.0 Å². The van der Waals surface area contributed by atoms with Crippen LogP contribution < -0.4 is 4.31 Å². The van der Waals surface area contributed by atoms with E-state index in [0.29, 0.717) is 4.47 Å². The van der Waals surface area contributed by atoms with E-state index >= 15 is 0 Å². The van der Waals surface area contributed by atoms with E-state index in [-0.39, 0.29) is 16.1 Å². The van der Waals surface area contributed by atoms with Crippen LogP contribution in [-0.4, -0.2) is 31.8 Å². The van der Waals surface area contributed by atoms with Crippen molar-refractivity contribution in [3.8, 4) is 0 Å². The lowest BCUT2D eigenvalue weighted by Crippen LogP contribution is -2.55. The highest BCUT2D eigenvalue weighted by Crippen LogP contribution is 2.38. The van der Waals surface area contributed by atoms with E-state index in [2.05, 4.69) is 15.9 Å². The van der Waals surface area contributed by atoms with Crippen molar-refractivity contribution in [1.82, 2.24) is 0 Å². The molecule has 0 saturated carbocycles. The van der Waals surface area contributed by atoms with Crippen LogP contribution in [0.5, 0.6) is 0 Å². The fraction of sp³-hybridized carbons (Fsp3) is 0.263. The molecule has 1 atom stereocenters. The number of ether oxygens (including phenoxy) is 1. The molecule has 2 aromatic carbocycles. The van der Waals surface area contributed by atoms with Crippen LogP contribution in [0.2, 0.25) is 0 Å². The smallest absolute Gasteiger partial charge is 0.338 e. The summed E-state index contributed by atoms with van der Waals surface area (Å²) in [5, 5.41) is 0. The van der Waals surface area contributed by atoms with Crippen molar-refractivity contribution in [2.24, 2.45) is 0 Å². The van der Waals surface area contributed by atoms with Crippen molar-refractivity contribution in [2.45, 2.75) is 37.3 Å². The summed E-state index contributed by atoms with van der Waals surface area (Å²) in [4.78, 5) is 25.8. The second-order valence-corrected chi connectivity index (χ2v) is 9.69. The van der Waals surface area contributed by atoms with E-state index in [0.717, 1.165) is 4.31 Å². The monoisotopic (exact) mass is 451 g/mol. The number of fused-ring (bicyclic) bond motifs is 1. The number of carbonyl (C=O) groups excluding carboxylic acids is 2. The van der Waals surface area contributed by atoms with E-state index in [4.69, 9.17) is 4.74 Å². The lowest BCUT2D eigenvalue weighted by atomic mass is 10.0. The van der Waals surface area contributed by atoms with Gasteiger partial charge in [-0.3, -0.25) is 4.79 Å². The van der Waals surface area contributed by atoms with Crippen LogP contribution in [0.4, 0.5) is 5.69 Å². The van der Waals surface area contributed by atoms with Crippen LogP contribution in [0.15, 0.2) is 57.9 Å². The number of rotatable bonds is 2. The Morgan fingerprint density at radius 1 is 1.07 bits per heavy atom. The average molecular weight is 452 g/mol. The maximum absolute atomic E-state index is 13.3. The molecule has 2 aromatic rings. The molecular weight excluding hydrogens is 434 g/mol. The second-order valence-electron chi connectivity index (χ2n) is 7.05. The number of nitrogens with zero attached hydrogens (tertiary/aromatic N) is 1. The molecule has 0 aromatic heterocycles. The van der Waals surface area contributed by atoms with Crippen LogP contribution in [-0.2, 0) is 19.6 Å². The fourth-order valence-electron chi connectivity index (χ4n) is 2.85. The molecule has 0 radical (unpaired) electrons. The number of hydrogen-bond acceptors (Lipinski definition) is 5. The zero-order chi connectivity index (χ0) is 20.0. The zero-order valence-electron chi connectivity index (χ0n) is 15.0. The van der Waals surface area contributed by atoms with Crippen molar-refractivity contribution >= 4 is 43.4 Å². The number of carbonyl (C=O) groups is 2. The van der Waals surface area contributed by atoms with Crippen LogP contribution in [0, 0.1) is 0 Å². The first kappa shape index (κ1) is 19.6. The van der Waals surface area contributed by atoms with Gasteiger partial charge in [0.2, 0.25) is 6.04 Å². The molecule has 0 N–H and O–H groups in total. The predicted molar refractivity (Wildman–Crippen MR) is 104 cm³/mol. The first-order chi connectivity index (χ1) is 12.5. The number of para-hydroxylation sites is 1. The van der Waals surface area contributed by atoms with Gasteiger partial charge in [0, 0.05) is 10.0 Å². The minimum atomic E-state index is -4.16. The lowest BCUT2D eigenvalue weighted by Gasteiger charge is -2.36. The minimum absolute atomic E-state index is 0.0170.